The molecule has 0 atom stereocenters. The lowest BCUT2D eigenvalue weighted by Crippen LogP contribution is -2.05. The average Bonchev–Trinajstić information content (AvgIpc) is 2.40. The molecule has 0 aliphatic heterocycles. The highest BCUT2D eigenvalue weighted by atomic mass is 32.2. The van der Waals surface area contributed by atoms with Crippen LogP contribution in [-0.2, 0) is 0 Å². The van der Waals surface area contributed by atoms with E-state index in [1.165, 1.54) is 27.3 Å². The normalized spacial score (nSPS) is 10.5. The van der Waals surface area contributed by atoms with Crippen LogP contribution in [0.2, 0.25) is 0 Å². The lowest BCUT2D eigenvalue weighted by molar-refractivity contribution is 1.20. The minimum Gasteiger partial charge on any atom is -0.384 e. The molecule has 0 fully saturated rings. The quantitative estimate of drug-likeness (QED) is 0.618. The van der Waals surface area contributed by atoms with E-state index < -0.39 is 0 Å². The lowest BCUT2D eigenvalue weighted by Gasteiger charge is -2.10. The first-order valence-corrected chi connectivity index (χ1v) is 7.65. The van der Waals surface area contributed by atoms with Crippen LogP contribution in [0.15, 0.2) is 47.4 Å². The molecular formula is C17H21NS. The Balaban J connectivity index is 1.84. The molecule has 2 aromatic rings. The summed E-state index contributed by atoms with van der Waals surface area (Å²) in [7, 11) is 0. The smallest absolute Gasteiger partial charge is 0.0370 e. The Morgan fingerprint density at radius 1 is 0.947 bits per heavy atom. The summed E-state index contributed by atoms with van der Waals surface area (Å²) < 4.78 is 0. The molecule has 100 valence electrons. The van der Waals surface area contributed by atoms with Crippen molar-refractivity contribution in [1.82, 2.24) is 0 Å². The molecule has 1 N–H and O–H groups in total. The minimum atomic E-state index is 0.989. The SMILES string of the molecule is Cc1ccc(C)c(SCCNc2ccccc2C)c1. The molecule has 0 unspecified atom stereocenters. The van der Waals surface area contributed by atoms with Crippen LogP contribution in [0.4, 0.5) is 5.69 Å². The highest BCUT2D eigenvalue weighted by Gasteiger charge is 2.00. The molecule has 0 bridgehead atoms. The highest BCUT2D eigenvalue weighted by molar-refractivity contribution is 7.99. The van der Waals surface area contributed by atoms with Gasteiger partial charge in [0.15, 0.2) is 0 Å². The maximum absolute atomic E-state index is 3.50. The molecule has 0 aliphatic carbocycles. The van der Waals surface area contributed by atoms with Gasteiger partial charge in [-0.3, -0.25) is 0 Å². The molecule has 2 aromatic carbocycles. The van der Waals surface area contributed by atoms with E-state index in [9.17, 15) is 0 Å². The zero-order valence-electron chi connectivity index (χ0n) is 11.9. The Labute approximate surface area is 120 Å². The number of nitrogens with one attached hydrogen (secondary N) is 1. The van der Waals surface area contributed by atoms with Crippen LogP contribution in [0.25, 0.3) is 0 Å². The van der Waals surface area contributed by atoms with Crippen molar-refractivity contribution in [2.24, 2.45) is 0 Å². The van der Waals surface area contributed by atoms with Crippen LogP contribution < -0.4 is 5.32 Å². The summed E-state index contributed by atoms with van der Waals surface area (Å²) in [5, 5.41) is 3.50. The standard InChI is InChI=1S/C17H21NS/c1-13-8-9-15(3)17(12-13)19-11-10-18-16-7-5-4-6-14(16)2/h4-9,12,18H,10-11H2,1-3H3. The summed E-state index contributed by atoms with van der Waals surface area (Å²) in [6.45, 7) is 7.45. The number of benzene rings is 2. The number of hydrogen-bond donors (Lipinski definition) is 1. The van der Waals surface area contributed by atoms with Gasteiger partial charge < -0.3 is 5.32 Å². The fourth-order valence-corrected chi connectivity index (χ4v) is 2.97. The molecule has 0 heterocycles. The van der Waals surface area contributed by atoms with E-state index in [-0.39, 0.29) is 0 Å². The first-order valence-electron chi connectivity index (χ1n) is 6.66. The molecule has 1 nitrogen and oxygen atoms in total. The second kappa shape index (κ2) is 6.67. The van der Waals surface area contributed by atoms with Crippen molar-refractivity contribution in [2.75, 3.05) is 17.6 Å². The van der Waals surface area contributed by atoms with E-state index in [0.29, 0.717) is 0 Å². The van der Waals surface area contributed by atoms with Crippen LogP contribution in [0.1, 0.15) is 16.7 Å². The molecule has 19 heavy (non-hydrogen) atoms. The van der Waals surface area contributed by atoms with E-state index >= 15 is 0 Å². The summed E-state index contributed by atoms with van der Waals surface area (Å²) in [5.74, 6) is 1.08. The van der Waals surface area contributed by atoms with E-state index in [4.69, 9.17) is 0 Å². The van der Waals surface area contributed by atoms with Gasteiger partial charge in [0, 0.05) is 22.9 Å². The first kappa shape index (κ1) is 14.0. The molecule has 0 spiro atoms. The number of thioether (sulfide) groups is 1. The van der Waals surface area contributed by atoms with E-state index in [1.807, 2.05) is 11.8 Å². The van der Waals surface area contributed by atoms with E-state index in [1.54, 1.807) is 0 Å². The predicted octanol–water partition coefficient (Wildman–Crippen LogP) is 4.82. The number of hydrogen-bond acceptors (Lipinski definition) is 2. The number of anilines is 1. The molecular weight excluding hydrogens is 250 g/mol. The number of aryl methyl sites for hydroxylation is 3. The van der Waals surface area contributed by atoms with Gasteiger partial charge in [-0.2, -0.15) is 0 Å². The molecule has 0 aromatic heterocycles. The Hall–Kier alpha value is -1.41. The maximum Gasteiger partial charge on any atom is 0.0370 e. The van der Waals surface area contributed by atoms with Gasteiger partial charge in [0.1, 0.15) is 0 Å². The van der Waals surface area contributed by atoms with Gasteiger partial charge in [-0.25, -0.2) is 0 Å². The van der Waals surface area contributed by atoms with E-state index in [2.05, 4.69) is 68.6 Å². The lowest BCUT2D eigenvalue weighted by atomic mass is 10.2. The monoisotopic (exact) mass is 271 g/mol. The van der Waals surface area contributed by atoms with Gasteiger partial charge in [0.2, 0.25) is 0 Å². The number of rotatable bonds is 5. The Morgan fingerprint density at radius 2 is 1.74 bits per heavy atom. The molecule has 0 aliphatic rings. The minimum absolute atomic E-state index is 0.989. The zero-order chi connectivity index (χ0) is 13.7. The summed E-state index contributed by atoms with van der Waals surface area (Å²) in [6, 6.07) is 15.1. The molecule has 0 saturated carbocycles. The topological polar surface area (TPSA) is 12.0 Å². The van der Waals surface area contributed by atoms with Crippen molar-refractivity contribution < 1.29 is 0 Å². The third kappa shape index (κ3) is 4.03. The zero-order valence-corrected chi connectivity index (χ0v) is 12.7. The van der Waals surface area contributed by atoms with Gasteiger partial charge in [0.25, 0.3) is 0 Å². The van der Waals surface area contributed by atoms with Gasteiger partial charge in [-0.1, -0.05) is 35.9 Å². The van der Waals surface area contributed by atoms with Gasteiger partial charge in [-0.15, -0.1) is 11.8 Å². The van der Waals surface area contributed by atoms with Crippen molar-refractivity contribution in [3.63, 3.8) is 0 Å². The summed E-state index contributed by atoms with van der Waals surface area (Å²) in [6.07, 6.45) is 0. The van der Waals surface area contributed by atoms with Crippen LogP contribution in [0, 0.1) is 20.8 Å². The van der Waals surface area contributed by atoms with Crippen molar-refractivity contribution in [3.8, 4) is 0 Å². The second-order valence-corrected chi connectivity index (χ2v) is 6.00. The van der Waals surface area contributed by atoms with Crippen LogP contribution >= 0.6 is 11.8 Å². The average molecular weight is 271 g/mol. The van der Waals surface area contributed by atoms with Crippen LogP contribution in [-0.4, -0.2) is 12.3 Å². The fraction of sp³-hybridized carbons (Fsp3) is 0.294. The van der Waals surface area contributed by atoms with Crippen LogP contribution in [0.5, 0.6) is 0 Å². The third-order valence-electron chi connectivity index (χ3n) is 3.16. The Kier molecular flexibility index (Phi) is 4.92. The van der Waals surface area contributed by atoms with Gasteiger partial charge in [0.05, 0.1) is 0 Å². The first-order chi connectivity index (χ1) is 9.16. The fourth-order valence-electron chi connectivity index (χ4n) is 1.98. The van der Waals surface area contributed by atoms with Crippen LogP contribution in [0.3, 0.4) is 0 Å². The van der Waals surface area contributed by atoms with Crippen molar-refractivity contribution in [1.29, 1.82) is 0 Å². The summed E-state index contributed by atoms with van der Waals surface area (Å²) >= 11 is 1.92. The maximum atomic E-state index is 3.50. The molecule has 2 rings (SSSR count). The molecule has 0 amide bonds. The summed E-state index contributed by atoms with van der Waals surface area (Å²) in [5.41, 5.74) is 5.25. The van der Waals surface area contributed by atoms with E-state index in [0.717, 1.165) is 12.3 Å². The third-order valence-corrected chi connectivity index (χ3v) is 4.32. The highest BCUT2D eigenvalue weighted by Crippen LogP contribution is 2.23. The van der Waals surface area contributed by atoms with Crippen molar-refractivity contribution in [3.05, 3.63) is 59.2 Å². The predicted molar refractivity (Wildman–Crippen MR) is 86.3 cm³/mol. The molecule has 0 saturated heterocycles. The van der Waals surface area contributed by atoms with Crippen molar-refractivity contribution in [2.45, 2.75) is 25.7 Å². The van der Waals surface area contributed by atoms with Crippen molar-refractivity contribution >= 4 is 17.4 Å². The molecule has 0 radical (unpaired) electrons. The summed E-state index contributed by atoms with van der Waals surface area (Å²) in [4.78, 5) is 1.39. The second-order valence-electron chi connectivity index (χ2n) is 4.86. The Morgan fingerprint density at radius 3 is 2.53 bits per heavy atom. The van der Waals surface area contributed by atoms with Gasteiger partial charge >= 0.3 is 0 Å². The van der Waals surface area contributed by atoms with Gasteiger partial charge in [-0.05, 0) is 44.0 Å². The Bertz CT molecular complexity index is 549. The number of para-hydroxylation sites is 1. The largest absolute Gasteiger partial charge is 0.384 e. The molecule has 2 heteroatoms.